The van der Waals surface area contributed by atoms with Crippen LogP contribution in [0.5, 0.6) is 0 Å². The fraction of sp³-hybridized carbons (Fsp3) is 0.318. The van der Waals surface area contributed by atoms with E-state index in [0.29, 0.717) is 11.3 Å². The second-order valence-electron chi connectivity index (χ2n) is 7.51. The molecule has 0 saturated carbocycles. The van der Waals surface area contributed by atoms with Crippen LogP contribution in [0, 0.1) is 11.7 Å². The fourth-order valence-electron chi connectivity index (χ4n) is 3.73. The predicted octanol–water partition coefficient (Wildman–Crippen LogP) is 1.90. The van der Waals surface area contributed by atoms with Crippen LogP contribution in [-0.2, 0) is 20.8 Å². The summed E-state index contributed by atoms with van der Waals surface area (Å²) in [7, 11) is 0. The molecular formula is C22H23FN2O5S. The molecule has 9 heteroatoms. The van der Waals surface area contributed by atoms with Crippen LogP contribution in [0.4, 0.5) is 4.39 Å². The summed E-state index contributed by atoms with van der Waals surface area (Å²) in [5.74, 6) is -2.27. The molecule has 1 aliphatic rings. The van der Waals surface area contributed by atoms with Gasteiger partial charge in [-0.25, -0.2) is 9.18 Å². The van der Waals surface area contributed by atoms with Crippen molar-refractivity contribution in [3.05, 3.63) is 59.9 Å². The Labute approximate surface area is 182 Å². The van der Waals surface area contributed by atoms with Crippen LogP contribution in [-0.4, -0.2) is 63.5 Å². The highest BCUT2D eigenvalue weighted by molar-refractivity contribution is 7.90. The Bertz CT molecular complexity index is 967. The summed E-state index contributed by atoms with van der Waals surface area (Å²) in [5, 5.41) is 12.0. The normalized spacial score (nSPS) is 19.1. The topological polar surface area (TPSA) is 110 Å². The molecule has 1 aliphatic heterocycles. The third kappa shape index (κ3) is 5.83. The van der Waals surface area contributed by atoms with Gasteiger partial charge in [-0.2, -0.15) is 0 Å². The quantitative estimate of drug-likeness (QED) is 0.632. The van der Waals surface area contributed by atoms with Gasteiger partial charge in [-0.1, -0.05) is 35.4 Å². The molecular weight excluding hydrogens is 423 g/mol. The zero-order valence-corrected chi connectivity index (χ0v) is 17.7. The largest absolute Gasteiger partial charge is 0.617 e. The Kier molecular flexibility index (Phi) is 7.29. The minimum absolute atomic E-state index is 0.154. The van der Waals surface area contributed by atoms with Crippen molar-refractivity contribution in [1.82, 2.24) is 10.2 Å². The van der Waals surface area contributed by atoms with E-state index in [-0.39, 0.29) is 31.2 Å². The van der Waals surface area contributed by atoms with Crippen molar-refractivity contribution >= 4 is 29.0 Å². The van der Waals surface area contributed by atoms with Crippen molar-refractivity contribution in [3.63, 3.8) is 0 Å². The van der Waals surface area contributed by atoms with Gasteiger partial charge >= 0.3 is 5.97 Å². The first-order chi connectivity index (χ1) is 14.7. The summed E-state index contributed by atoms with van der Waals surface area (Å²) in [6.45, 7) is -0.142. The number of nitrogens with zero attached hydrogens (tertiary/aromatic N) is 1. The number of nitrogens with one attached hydrogen (secondary N) is 1. The van der Waals surface area contributed by atoms with Crippen LogP contribution in [0.3, 0.4) is 0 Å². The van der Waals surface area contributed by atoms with Crippen molar-refractivity contribution < 1.29 is 28.4 Å². The molecule has 1 unspecified atom stereocenters. The van der Waals surface area contributed by atoms with Gasteiger partial charge < -0.3 is 19.9 Å². The molecule has 7 nitrogen and oxygen atoms in total. The number of carboxylic acids is 1. The van der Waals surface area contributed by atoms with Crippen LogP contribution in [0.2, 0.25) is 0 Å². The minimum Gasteiger partial charge on any atom is -0.617 e. The molecule has 31 heavy (non-hydrogen) atoms. The monoisotopic (exact) mass is 446 g/mol. The molecule has 3 rings (SSSR count). The van der Waals surface area contributed by atoms with Crippen LogP contribution >= 0.6 is 0 Å². The summed E-state index contributed by atoms with van der Waals surface area (Å²) in [6, 6.07) is 11.6. The standard InChI is InChI=1S/C22H23FN2O5S/c1-31(30)13-14-9-19(22(28)29)25(12-14)20(26)11-24-21(27)17-4-2-3-16(10-17)15-5-7-18(23)8-6-15/h2-8,10,14,19H,9,11-13H2,1H3,(H,24,27)(H,28,29)/t14-,19+,31?/m1/s1. The van der Waals surface area contributed by atoms with E-state index < -0.39 is 35.0 Å². The Morgan fingerprint density at radius 1 is 1.19 bits per heavy atom. The van der Waals surface area contributed by atoms with E-state index in [0.717, 1.165) is 11.1 Å². The van der Waals surface area contributed by atoms with Crippen LogP contribution in [0.25, 0.3) is 11.1 Å². The Morgan fingerprint density at radius 2 is 1.90 bits per heavy atom. The smallest absolute Gasteiger partial charge is 0.326 e. The molecule has 0 aliphatic carbocycles. The lowest BCUT2D eigenvalue weighted by molar-refractivity contribution is -0.147. The average molecular weight is 447 g/mol. The van der Waals surface area contributed by atoms with Gasteiger partial charge in [0.15, 0.2) is 0 Å². The van der Waals surface area contributed by atoms with Crippen molar-refractivity contribution in [2.45, 2.75) is 12.5 Å². The number of aliphatic carboxylic acids is 1. The SMILES string of the molecule is C[S+]([O-])C[C@@H]1C[C@@H](C(=O)O)N(C(=O)CNC(=O)c2cccc(-c3ccc(F)cc3)c2)C1. The molecule has 1 heterocycles. The van der Waals surface area contributed by atoms with E-state index >= 15 is 0 Å². The molecule has 0 radical (unpaired) electrons. The second-order valence-corrected chi connectivity index (χ2v) is 8.99. The molecule has 1 fully saturated rings. The molecule has 0 aromatic heterocycles. The highest BCUT2D eigenvalue weighted by Gasteiger charge is 2.40. The highest BCUT2D eigenvalue weighted by atomic mass is 32.2. The highest BCUT2D eigenvalue weighted by Crippen LogP contribution is 2.25. The molecule has 164 valence electrons. The van der Waals surface area contributed by atoms with Crippen LogP contribution in [0.15, 0.2) is 48.5 Å². The first-order valence-electron chi connectivity index (χ1n) is 9.71. The number of likely N-dealkylation sites (tertiary alicyclic amines) is 1. The molecule has 0 bridgehead atoms. The van der Waals surface area contributed by atoms with Gasteiger partial charge in [0.1, 0.15) is 17.6 Å². The molecule has 0 spiro atoms. The van der Waals surface area contributed by atoms with E-state index in [1.54, 1.807) is 42.7 Å². The van der Waals surface area contributed by atoms with Gasteiger partial charge in [-0.3, -0.25) is 9.59 Å². The van der Waals surface area contributed by atoms with E-state index in [2.05, 4.69) is 5.32 Å². The number of rotatable bonds is 7. The molecule has 2 aromatic carbocycles. The minimum atomic E-state index is -1.11. The summed E-state index contributed by atoms with van der Waals surface area (Å²) >= 11 is -1.09. The van der Waals surface area contributed by atoms with Gasteiger partial charge in [0, 0.05) is 18.0 Å². The molecule has 2 aromatic rings. The van der Waals surface area contributed by atoms with E-state index in [9.17, 15) is 28.4 Å². The number of hydrogen-bond acceptors (Lipinski definition) is 4. The Hall–Kier alpha value is -2.91. The summed E-state index contributed by atoms with van der Waals surface area (Å²) in [5.41, 5.74) is 1.79. The number of carbonyl (C=O) groups excluding carboxylic acids is 2. The fourth-order valence-corrected chi connectivity index (χ4v) is 4.63. The summed E-state index contributed by atoms with van der Waals surface area (Å²) in [4.78, 5) is 37.9. The maximum Gasteiger partial charge on any atom is 0.326 e. The Balaban J connectivity index is 1.63. The number of carbonyl (C=O) groups is 3. The summed E-state index contributed by atoms with van der Waals surface area (Å²) < 4.78 is 24.6. The zero-order valence-electron chi connectivity index (χ0n) is 16.9. The third-order valence-corrected chi connectivity index (χ3v) is 6.11. The first-order valence-corrected chi connectivity index (χ1v) is 11.4. The van der Waals surface area contributed by atoms with Gasteiger partial charge in [0.25, 0.3) is 5.91 Å². The number of benzene rings is 2. The number of halogens is 1. The van der Waals surface area contributed by atoms with Gasteiger partial charge in [0.05, 0.1) is 12.8 Å². The third-order valence-electron chi connectivity index (χ3n) is 5.17. The van der Waals surface area contributed by atoms with Crippen molar-refractivity contribution in [3.8, 4) is 11.1 Å². The lowest BCUT2D eigenvalue weighted by atomic mass is 10.0. The second kappa shape index (κ2) is 9.93. The number of amides is 2. The van der Waals surface area contributed by atoms with Crippen molar-refractivity contribution in [1.29, 1.82) is 0 Å². The molecule has 2 N–H and O–H groups in total. The average Bonchev–Trinajstić information content (AvgIpc) is 3.16. The zero-order chi connectivity index (χ0) is 22.5. The Morgan fingerprint density at radius 3 is 2.55 bits per heavy atom. The van der Waals surface area contributed by atoms with Gasteiger partial charge in [0.2, 0.25) is 5.91 Å². The maximum absolute atomic E-state index is 13.1. The lowest BCUT2D eigenvalue weighted by Gasteiger charge is -2.21. The van der Waals surface area contributed by atoms with E-state index in [1.165, 1.54) is 17.0 Å². The lowest BCUT2D eigenvalue weighted by Crippen LogP contribution is -2.45. The summed E-state index contributed by atoms with van der Waals surface area (Å²) in [6.07, 6.45) is 1.79. The molecule has 1 saturated heterocycles. The molecule has 2 amide bonds. The van der Waals surface area contributed by atoms with Crippen molar-refractivity contribution in [2.75, 3.05) is 25.1 Å². The van der Waals surface area contributed by atoms with Crippen molar-refractivity contribution in [2.24, 2.45) is 5.92 Å². The van der Waals surface area contributed by atoms with Crippen LogP contribution in [0.1, 0.15) is 16.8 Å². The van der Waals surface area contributed by atoms with Gasteiger partial charge in [-0.05, 0) is 41.8 Å². The maximum atomic E-state index is 13.1. The first kappa shape index (κ1) is 22.8. The van der Waals surface area contributed by atoms with E-state index in [1.807, 2.05) is 0 Å². The number of hydrogen-bond donors (Lipinski definition) is 2. The van der Waals surface area contributed by atoms with Gasteiger partial charge in [-0.15, -0.1) is 0 Å². The molecule has 3 atom stereocenters. The predicted molar refractivity (Wildman–Crippen MR) is 114 cm³/mol. The van der Waals surface area contributed by atoms with Crippen LogP contribution < -0.4 is 5.32 Å². The van der Waals surface area contributed by atoms with E-state index in [4.69, 9.17) is 0 Å². The number of carboxylic acid groups (broad SMARTS) is 1.